The van der Waals surface area contributed by atoms with E-state index in [1.54, 1.807) is 11.3 Å². The Balaban J connectivity index is 1.32. The molecule has 1 amide bonds. The second kappa shape index (κ2) is 8.05. The average molecular weight is 417 g/mol. The number of benzene rings is 3. The lowest BCUT2D eigenvalue weighted by atomic mass is 10.0. The number of rotatable bonds is 4. The molecule has 0 spiro atoms. The molecule has 30 heavy (non-hydrogen) atoms. The Morgan fingerprint density at radius 1 is 1.03 bits per heavy atom. The summed E-state index contributed by atoms with van der Waals surface area (Å²) in [6, 6.07) is 20.3. The quantitative estimate of drug-likeness (QED) is 0.536. The average Bonchev–Trinajstić information content (AvgIpc) is 3.18. The molecule has 3 aromatic carbocycles. The van der Waals surface area contributed by atoms with Gasteiger partial charge < -0.3 is 15.1 Å². The number of fused-ring (bicyclic) bond motifs is 2. The number of thiazole rings is 1. The highest BCUT2D eigenvalue weighted by Gasteiger charge is 2.18. The summed E-state index contributed by atoms with van der Waals surface area (Å²) >= 11 is 1.70. The van der Waals surface area contributed by atoms with Gasteiger partial charge in [0.1, 0.15) is 0 Å². The molecule has 1 saturated heterocycles. The molecule has 152 valence electrons. The van der Waals surface area contributed by atoms with E-state index in [0.717, 1.165) is 63.6 Å². The van der Waals surface area contributed by atoms with Crippen LogP contribution in [0.25, 0.3) is 21.0 Å². The summed E-state index contributed by atoms with van der Waals surface area (Å²) in [5.74, 6) is -0.00508. The van der Waals surface area contributed by atoms with Crippen LogP contribution in [0.2, 0.25) is 0 Å². The molecule has 5 rings (SSSR count). The number of nitrogens with zero attached hydrogens (tertiary/aromatic N) is 3. The summed E-state index contributed by atoms with van der Waals surface area (Å²) in [5.41, 5.74) is 2.85. The lowest BCUT2D eigenvalue weighted by molar-refractivity contribution is -0.115. The fourth-order valence-corrected chi connectivity index (χ4v) is 5.00. The predicted octanol–water partition coefficient (Wildman–Crippen LogP) is 4.38. The summed E-state index contributed by atoms with van der Waals surface area (Å²) in [4.78, 5) is 22.2. The van der Waals surface area contributed by atoms with Crippen LogP contribution in [-0.2, 0) is 11.2 Å². The van der Waals surface area contributed by atoms with Gasteiger partial charge in [-0.2, -0.15) is 0 Å². The van der Waals surface area contributed by atoms with Gasteiger partial charge in [0.25, 0.3) is 0 Å². The van der Waals surface area contributed by atoms with Gasteiger partial charge in [-0.1, -0.05) is 53.8 Å². The number of nitrogens with one attached hydrogen (secondary N) is 1. The Bertz CT molecular complexity index is 1210. The first-order valence-electron chi connectivity index (χ1n) is 10.3. The fraction of sp³-hybridized carbons (Fsp3) is 0.250. The third-order valence-corrected chi connectivity index (χ3v) is 6.74. The number of amides is 1. The molecule has 0 atom stereocenters. The van der Waals surface area contributed by atoms with E-state index in [4.69, 9.17) is 4.98 Å². The highest BCUT2D eigenvalue weighted by Crippen LogP contribution is 2.31. The molecule has 4 aromatic rings. The molecule has 1 N–H and O–H groups in total. The van der Waals surface area contributed by atoms with Gasteiger partial charge in [0.05, 0.1) is 16.6 Å². The predicted molar refractivity (Wildman–Crippen MR) is 126 cm³/mol. The molecule has 1 fully saturated rings. The van der Waals surface area contributed by atoms with Crippen LogP contribution in [0.1, 0.15) is 5.56 Å². The smallest absolute Gasteiger partial charge is 0.228 e. The topological polar surface area (TPSA) is 48.5 Å². The van der Waals surface area contributed by atoms with E-state index < -0.39 is 0 Å². The van der Waals surface area contributed by atoms with E-state index in [9.17, 15) is 4.79 Å². The van der Waals surface area contributed by atoms with Crippen molar-refractivity contribution in [2.45, 2.75) is 6.42 Å². The third-order valence-electron chi connectivity index (χ3n) is 5.67. The van der Waals surface area contributed by atoms with Gasteiger partial charge in [-0.25, -0.2) is 4.98 Å². The number of carbonyl (C=O) groups is 1. The second-order valence-electron chi connectivity index (χ2n) is 7.83. The standard InChI is InChI=1S/C24H24N4OS/c1-27-11-13-28(14-12-27)24-26-21-10-9-19(16-22(21)30-24)25-23(29)15-18-7-4-6-17-5-2-3-8-20(17)18/h2-10,16H,11-15H2,1H3,(H,25,29). The maximum absolute atomic E-state index is 12.7. The Morgan fingerprint density at radius 3 is 2.70 bits per heavy atom. The first-order chi connectivity index (χ1) is 14.7. The van der Waals surface area contributed by atoms with Gasteiger partial charge in [0.2, 0.25) is 5.91 Å². The molecular weight excluding hydrogens is 392 g/mol. The first kappa shape index (κ1) is 19.0. The van der Waals surface area contributed by atoms with Crippen LogP contribution in [0.4, 0.5) is 10.8 Å². The lowest BCUT2D eigenvalue weighted by Crippen LogP contribution is -2.44. The van der Waals surface area contributed by atoms with Gasteiger partial charge in [-0.3, -0.25) is 4.79 Å². The summed E-state index contributed by atoms with van der Waals surface area (Å²) in [6.07, 6.45) is 0.356. The molecular formula is C24H24N4OS. The molecule has 6 heteroatoms. The minimum absolute atomic E-state index is 0.00508. The summed E-state index contributed by atoms with van der Waals surface area (Å²) in [6.45, 7) is 4.13. The lowest BCUT2D eigenvalue weighted by Gasteiger charge is -2.31. The minimum atomic E-state index is -0.00508. The van der Waals surface area contributed by atoms with Crippen molar-refractivity contribution in [2.75, 3.05) is 43.4 Å². The second-order valence-corrected chi connectivity index (χ2v) is 8.84. The van der Waals surface area contributed by atoms with Crippen molar-refractivity contribution in [1.82, 2.24) is 9.88 Å². The number of likely N-dealkylation sites (N-methyl/N-ethyl adjacent to an activating group) is 1. The minimum Gasteiger partial charge on any atom is -0.345 e. The van der Waals surface area contributed by atoms with Crippen LogP contribution in [0.15, 0.2) is 60.7 Å². The number of piperazine rings is 1. The molecule has 1 aliphatic heterocycles. The molecule has 1 aliphatic rings. The SMILES string of the molecule is CN1CCN(c2nc3ccc(NC(=O)Cc4cccc5ccccc45)cc3s2)CC1. The number of hydrogen-bond donors (Lipinski definition) is 1. The van der Waals surface area contributed by atoms with Crippen molar-refractivity contribution in [2.24, 2.45) is 0 Å². The summed E-state index contributed by atoms with van der Waals surface area (Å²) < 4.78 is 1.10. The van der Waals surface area contributed by atoms with Crippen molar-refractivity contribution in [3.8, 4) is 0 Å². The van der Waals surface area contributed by atoms with Gasteiger partial charge >= 0.3 is 0 Å². The zero-order valence-electron chi connectivity index (χ0n) is 17.0. The van der Waals surface area contributed by atoms with Crippen LogP contribution in [0, 0.1) is 0 Å². The normalized spacial score (nSPS) is 15.0. The van der Waals surface area contributed by atoms with Crippen LogP contribution >= 0.6 is 11.3 Å². The summed E-state index contributed by atoms with van der Waals surface area (Å²) in [7, 11) is 2.16. The van der Waals surface area contributed by atoms with E-state index in [1.165, 1.54) is 0 Å². The molecule has 0 bridgehead atoms. The molecule has 0 unspecified atom stereocenters. The van der Waals surface area contributed by atoms with Crippen LogP contribution < -0.4 is 10.2 Å². The van der Waals surface area contributed by atoms with E-state index >= 15 is 0 Å². The van der Waals surface area contributed by atoms with E-state index in [0.29, 0.717) is 6.42 Å². The van der Waals surface area contributed by atoms with Crippen LogP contribution in [0.3, 0.4) is 0 Å². The van der Waals surface area contributed by atoms with Gasteiger partial charge in [-0.05, 0) is 41.6 Å². The van der Waals surface area contributed by atoms with Crippen molar-refractivity contribution in [3.05, 3.63) is 66.2 Å². The van der Waals surface area contributed by atoms with Crippen LogP contribution in [0.5, 0.6) is 0 Å². The van der Waals surface area contributed by atoms with E-state index in [-0.39, 0.29) is 5.91 Å². The first-order valence-corrected chi connectivity index (χ1v) is 11.1. The molecule has 0 radical (unpaired) electrons. The van der Waals surface area contributed by atoms with Gasteiger partial charge in [0.15, 0.2) is 5.13 Å². The zero-order valence-corrected chi connectivity index (χ0v) is 17.8. The molecule has 2 heterocycles. The highest BCUT2D eigenvalue weighted by molar-refractivity contribution is 7.22. The van der Waals surface area contributed by atoms with Crippen molar-refractivity contribution >= 4 is 49.1 Å². The molecule has 1 aromatic heterocycles. The number of carbonyl (C=O) groups excluding carboxylic acids is 1. The van der Waals surface area contributed by atoms with Crippen molar-refractivity contribution in [3.63, 3.8) is 0 Å². The number of anilines is 2. The molecule has 0 saturated carbocycles. The molecule has 5 nitrogen and oxygen atoms in total. The van der Waals surface area contributed by atoms with E-state index in [1.807, 2.05) is 42.5 Å². The zero-order chi connectivity index (χ0) is 20.5. The fourth-order valence-electron chi connectivity index (χ4n) is 3.95. The third kappa shape index (κ3) is 3.88. The number of aromatic nitrogens is 1. The van der Waals surface area contributed by atoms with Crippen molar-refractivity contribution in [1.29, 1.82) is 0 Å². The summed E-state index contributed by atoms with van der Waals surface area (Å²) in [5, 5.41) is 6.42. The Labute approximate surface area is 179 Å². The van der Waals surface area contributed by atoms with Crippen molar-refractivity contribution < 1.29 is 4.79 Å². The Hall–Kier alpha value is -2.96. The maximum atomic E-state index is 12.7. The number of hydrogen-bond acceptors (Lipinski definition) is 5. The van der Waals surface area contributed by atoms with Gasteiger partial charge in [0, 0.05) is 31.9 Å². The molecule has 0 aliphatic carbocycles. The Kier molecular flexibility index (Phi) is 5.11. The Morgan fingerprint density at radius 2 is 1.83 bits per heavy atom. The monoisotopic (exact) mass is 416 g/mol. The largest absolute Gasteiger partial charge is 0.345 e. The van der Waals surface area contributed by atoms with E-state index in [2.05, 4.69) is 40.4 Å². The highest BCUT2D eigenvalue weighted by atomic mass is 32.1. The van der Waals surface area contributed by atoms with Crippen LogP contribution in [-0.4, -0.2) is 49.0 Å². The maximum Gasteiger partial charge on any atom is 0.228 e. The van der Waals surface area contributed by atoms with Gasteiger partial charge in [-0.15, -0.1) is 0 Å².